The minimum Gasteiger partial charge on any atom is -0.493 e. The lowest BCUT2D eigenvalue weighted by Gasteiger charge is -2.17. The quantitative estimate of drug-likeness (QED) is 0.630. The summed E-state index contributed by atoms with van der Waals surface area (Å²) in [6.07, 6.45) is 0. The van der Waals surface area contributed by atoms with Gasteiger partial charge in [0.25, 0.3) is 11.8 Å². The predicted octanol–water partition coefficient (Wildman–Crippen LogP) is 2.48. The molecule has 0 aliphatic carbocycles. The number of ether oxygens (including phenoxy) is 2. The van der Waals surface area contributed by atoms with Gasteiger partial charge in [-0.3, -0.25) is 14.9 Å². The summed E-state index contributed by atoms with van der Waals surface area (Å²) in [6.45, 7) is 7.38. The highest BCUT2D eigenvalue weighted by molar-refractivity contribution is 7.14. The number of anilines is 1. The lowest BCUT2D eigenvalue weighted by atomic mass is 10.2. The van der Waals surface area contributed by atoms with E-state index < -0.39 is 0 Å². The van der Waals surface area contributed by atoms with Gasteiger partial charge in [0.2, 0.25) is 0 Å². The summed E-state index contributed by atoms with van der Waals surface area (Å²) in [5, 5.41) is 7.52. The number of carbonyl (C=O) groups is 2. The normalized spacial score (nSPS) is 10.6. The number of methoxy groups -OCH3 is 2. The number of aromatic nitrogens is 1. The smallest absolute Gasteiger partial charge is 0.270 e. The molecule has 1 aromatic heterocycles. The van der Waals surface area contributed by atoms with Gasteiger partial charge < -0.3 is 19.7 Å². The van der Waals surface area contributed by atoms with Crippen molar-refractivity contribution >= 4 is 28.3 Å². The highest BCUT2D eigenvalue weighted by atomic mass is 32.1. The third-order valence-corrected chi connectivity index (χ3v) is 4.97. The molecule has 0 aliphatic rings. The first-order valence-corrected chi connectivity index (χ1v) is 9.89. The molecular formula is C19H26N4O4S. The summed E-state index contributed by atoms with van der Waals surface area (Å²) in [5.41, 5.74) is 0.685. The van der Waals surface area contributed by atoms with Crippen LogP contribution in [-0.2, 0) is 0 Å². The van der Waals surface area contributed by atoms with Crippen molar-refractivity contribution in [2.45, 2.75) is 13.8 Å². The fourth-order valence-electron chi connectivity index (χ4n) is 2.54. The molecule has 0 bridgehead atoms. The monoisotopic (exact) mass is 406 g/mol. The molecule has 9 heteroatoms. The van der Waals surface area contributed by atoms with Crippen LogP contribution in [0.3, 0.4) is 0 Å². The third kappa shape index (κ3) is 5.67. The van der Waals surface area contributed by atoms with Crippen molar-refractivity contribution in [3.63, 3.8) is 0 Å². The van der Waals surface area contributed by atoms with Gasteiger partial charge in [-0.05, 0) is 31.3 Å². The van der Waals surface area contributed by atoms with Crippen LogP contribution in [0.5, 0.6) is 11.5 Å². The molecule has 2 rings (SSSR count). The zero-order chi connectivity index (χ0) is 20.5. The van der Waals surface area contributed by atoms with Crippen molar-refractivity contribution in [1.82, 2.24) is 15.2 Å². The van der Waals surface area contributed by atoms with Gasteiger partial charge in [-0.1, -0.05) is 13.8 Å². The van der Waals surface area contributed by atoms with Crippen LogP contribution < -0.4 is 20.1 Å². The van der Waals surface area contributed by atoms with Crippen LogP contribution in [0.2, 0.25) is 0 Å². The first-order chi connectivity index (χ1) is 13.5. The molecule has 1 aromatic carbocycles. The highest BCUT2D eigenvalue weighted by Crippen LogP contribution is 2.28. The summed E-state index contributed by atoms with van der Waals surface area (Å²) >= 11 is 1.20. The number of likely N-dealkylation sites (N-methyl/N-ethyl adjacent to an activating group) is 1. The summed E-state index contributed by atoms with van der Waals surface area (Å²) in [6, 6.07) is 4.87. The van der Waals surface area contributed by atoms with E-state index in [1.165, 1.54) is 25.6 Å². The Morgan fingerprint density at radius 1 is 1.11 bits per heavy atom. The molecule has 0 fully saturated rings. The first kappa shape index (κ1) is 21.6. The topological polar surface area (TPSA) is 92.8 Å². The summed E-state index contributed by atoms with van der Waals surface area (Å²) in [4.78, 5) is 31.0. The largest absolute Gasteiger partial charge is 0.493 e. The SMILES string of the molecule is CCN(CC)CCNC(=O)c1csc(NC(=O)c2ccc(OC)c(OC)c2)n1. The highest BCUT2D eigenvalue weighted by Gasteiger charge is 2.15. The molecule has 8 nitrogen and oxygen atoms in total. The van der Waals surface area contributed by atoms with E-state index in [0.29, 0.717) is 28.7 Å². The Morgan fingerprint density at radius 2 is 1.82 bits per heavy atom. The maximum atomic E-state index is 12.4. The Morgan fingerprint density at radius 3 is 2.46 bits per heavy atom. The van der Waals surface area contributed by atoms with E-state index in [1.54, 1.807) is 23.6 Å². The predicted molar refractivity (Wildman–Crippen MR) is 110 cm³/mol. The van der Waals surface area contributed by atoms with E-state index in [0.717, 1.165) is 19.6 Å². The van der Waals surface area contributed by atoms with E-state index in [2.05, 4.69) is 34.4 Å². The number of nitrogens with one attached hydrogen (secondary N) is 2. The van der Waals surface area contributed by atoms with Crippen LogP contribution in [0, 0.1) is 0 Å². The maximum absolute atomic E-state index is 12.4. The molecule has 0 unspecified atom stereocenters. The van der Waals surface area contributed by atoms with Crippen molar-refractivity contribution in [2.24, 2.45) is 0 Å². The van der Waals surface area contributed by atoms with Crippen molar-refractivity contribution in [1.29, 1.82) is 0 Å². The molecule has 0 radical (unpaired) electrons. The van der Waals surface area contributed by atoms with Crippen LogP contribution in [-0.4, -0.2) is 62.1 Å². The van der Waals surface area contributed by atoms with E-state index >= 15 is 0 Å². The molecule has 0 saturated carbocycles. The van der Waals surface area contributed by atoms with E-state index in [-0.39, 0.29) is 17.5 Å². The molecule has 0 saturated heterocycles. The first-order valence-electron chi connectivity index (χ1n) is 9.01. The molecule has 0 spiro atoms. The van der Waals surface area contributed by atoms with Gasteiger partial charge in [0, 0.05) is 24.0 Å². The van der Waals surface area contributed by atoms with Gasteiger partial charge in [0.1, 0.15) is 5.69 Å². The maximum Gasteiger partial charge on any atom is 0.270 e. The standard InChI is InChI=1S/C19H26N4O4S/c1-5-23(6-2)10-9-20-18(25)14-12-28-19(21-14)22-17(24)13-7-8-15(26-3)16(11-13)27-4/h7-8,11-12H,5-6,9-10H2,1-4H3,(H,20,25)(H,21,22,24). The van der Waals surface area contributed by atoms with Gasteiger partial charge >= 0.3 is 0 Å². The minimum absolute atomic E-state index is 0.255. The Kier molecular flexibility index (Phi) is 8.21. The lowest BCUT2D eigenvalue weighted by Crippen LogP contribution is -2.34. The number of nitrogens with zero attached hydrogens (tertiary/aromatic N) is 2. The van der Waals surface area contributed by atoms with Crippen molar-refractivity contribution in [3.05, 3.63) is 34.8 Å². The van der Waals surface area contributed by atoms with Crippen LogP contribution in [0.4, 0.5) is 5.13 Å². The average Bonchev–Trinajstić information content (AvgIpc) is 3.19. The number of rotatable bonds is 10. The van der Waals surface area contributed by atoms with Gasteiger partial charge in [0.05, 0.1) is 14.2 Å². The summed E-state index contributed by atoms with van der Waals surface area (Å²) in [5.74, 6) is 0.401. The number of thiazole rings is 1. The van der Waals surface area contributed by atoms with E-state index in [4.69, 9.17) is 9.47 Å². The fraction of sp³-hybridized carbons (Fsp3) is 0.421. The summed E-state index contributed by atoms with van der Waals surface area (Å²) < 4.78 is 10.4. The molecule has 2 aromatic rings. The van der Waals surface area contributed by atoms with Gasteiger partial charge in [-0.2, -0.15) is 0 Å². The fourth-order valence-corrected chi connectivity index (χ4v) is 3.23. The number of amides is 2. The van der Waals surface area contributed by atoms with Crippen LogP contribution in [0.25, 0.3) is 0 Å². The molecule has 28 heavy (non-hydrogen) atoms. The molecule has 1 heterocycles. The Hall–Kier alpha value is -2.65. The molecule has 0 atom stereocenters. The summed E-state index contributed by atoms with van der Waals surface area (Å²) in [7, 11) is 3.03. The van der Waals surface area contributed by atoms with Gasteiger partial charge in [0.15, 0.2) is 16.6 Å². The molecular weight excluding hydrogens is 380 g/mol. The molecule has 0 aliphatic heterocycles. The van der Waals surface area contributed by atoms with E-state index in [9.17, 15) is 9.59 Å². The Labute approximate surface area is 168 Å². The zero-order valence-corrected chi connectivity index (χ0v) is 17.4. The van der Waals surface area contributed by atoms with Crippen LogP contribution >= 0.6 is 11.3 Å². The second-order valence-corrected chi connectivity index (χ2v) is 6.70. The second kappa shape index (κ2) is 10.6. The number of benzene rings is 1. The second-order valence-electron chi connectivity index (χ2n) is 5.84. The van der Waals surface area contributed by atoms with Crippen LogP contribution in [0.15, 0.2) is 23.6 Å². The third-order valence-electron chi connectivity index (χ3n) is 4.21. The van der Waals surface area contributed by atoms with Crippen LogP contribution in [0.1, 0.15) is 34.7 Å². The van der Waals surface area contributed by atoms with E-state index in [1.807, 2.05) is 0 Å². The van der Waals surface area contributed by atoms with Crippen molar-refractivity contribution in [2.75, 3.05) is 45.7 Å². The van der Waals surface area contributed by atoms with Crippen molar-refractivity contribution in [3.8, 4) is 11.5 Å². The average molecular weight is 407 g/mol. The molecule has 2 amide bonds. The lowest BCUT2D eigenvalue weighted by molar-refractivity contribution is 0.0943. The molecule has 152 valence electrons. The van der Waals surface area contributed by atoms with Gasteiger partial charge in [-0.15, -0.1) is 11.3 Å². The van der Waals surface area contributed by atoms with Crippen molar-refractivity contribution < 1.29 is 19.1 Å². The zero-order valence-electron chi connectivity index (χ0n) is 16.6. The molecule has 2 N–H and O–H groups in total. The Balaban J connectivity index is 1.95. The number of carbonyl (C=O) groups excluding carboxylic acids is 2. The van der Waals surface area contributed by atoms with Gasteiger partial charge in [-0.25, -0.2) is 4.98 Å². The Bertz CT molecular complexity index is 805. The number of hydrogen-bond donors (Lipinski definition) is 2. The minimum atomic E-state index is -0.344. The number of hydrogen-bond acceptors (Lipinski definition) is 7.